The molecule has 28 heavy (non-hydrogen) atoms. The van der Waals surface area contributed by atoms with E-state index >= 15 is 0 Å². The monoisotopic (exact) mass is 391 g/mol. The van der Waals surface area contributed by atoms with Gasteiger partial charge in [-0.1, -0.05) is 19.1 Å². The van der Waals surface area contributed by atoms with Crippen LogP contribution in [0.1, 0.15) is 23.7 Å². The zero-order valence-corrected chi connectivity index (χ0v) is 17.0. The molecule has 0 bridgehead atoms. The molecule has 0 saturated carbocycles. The Morgan fingerprint density at radius 1 is 1.21 bits per heavy atom. The third kappa shape index (κ3) is 5.44. The molecule has 2 fully saturated rings. The maximum absolute atomic E-state index is 12.8. The standard InChI is InChI=1S/C21H33N3O4/c1-3-17(25)14-23-12-13-28-18(16-23)15-22-8-10-24(11-9-22)21(26)19-6-4-5-7-20(19)27-2/h4-7,17-18,25H,3,8-16H2,1-2H3. The molecular formula is C21H33N3O4. The Morgan fingerprint density at radius 3 is 2.68 bits per heavy atom. The molecule has 7 nitrogen and oxygen atoms in total. The molecule has 1 N–H and O–H groups in total. The van der Waals surface area contributed by atoms with E-state index in [0.29, 0.717) is 31.0 Å². The number of nitrogens with zero attached hydrogens (tertiary/aromatic N) is 3. The summed E-state index contributed by atoms with van der Waals surface area (Å²) < 4.78 is 11.3. The lowest BCUT2D eigenvalue weighted by molar-refractivity contribution is -0.0565. The highest BCUT2D eigenvalue weighted by Gasteiger charge is 2.28. The fourth-order valence-electron chi connectivity index (χ4n) is 3.90. The topological polar surface area (TPSA) is 65.5 Å². The van der Waals surface area contributed by atoms with Gasteiger partial charge >= 0.3 is 0 Å². The van der Waals surface area contributed by atoms with E-state index in [1.165, 1.54) is 0 Å². The van der Waals surface area contributed by atoms with E-state index in [1.807, 2.05) is 36.1 Å². The van der Waals surface area contributed by atoms with Crippen molar-refractivity contribution in [2.45, 2.75) is 25.6 Å². The van der Waals surface area contributed by atoms with Gasteiger partial charge in [-0.3, -0.25) is 14.6 Å². The summed E-state index contributed by atoms with van der Waals surface area (Å²) >= 11 is 0. The Labute approximate surface area is 167 Å². The van der Waals surface area contributed by atoms with Crippen LogP contribution >= 0.6 is 0 Å². The van der Waals surface area contributed by atoms with Crippen molar-refractivity contribution in [3.8, 4) is 5.75 Å². The van der Waals surface area contributed by atoms with Crippen LogP contribution in [0.15, 0.2) is 24.3 Å². The van der Waals surface area contributed by atoms with Crippen LogP contribution in [0.2, 0.25) is 0 Å². The van der Waals surface area contributed by atoms with Gasteiger partial charge < -0.3 is 19.5 Å². The third-order valence-electron chi connectivity index (χ3n) is 5.62. The number of hydrogen-bond donors (Lipinski definition) is 1. The molecule has 0 spiro atoms. The highest BCUT2D eigenvalue weighted by atomic mass is 16.5. The maximum Gasteiger partial charge on any atom is 0.257 e. The van der Waals surface area contributed by atoms with Gasteiger partial charge in [0.05, 0.1) is 31.5 Å². The molecule has 0 aromatic heterocycles. The molecule has 3 rings (SSSR count). The average molecular weight is 392 g/mol. The van der Waals surface area contributed by atoms with Crippen LogP contribution in [0.3, 0.4) is 0 Å². The predicted molar refractivity (Wildman–Crippen MR) is 108 cm³/mol. The number of rotatable bonds is 7. The fraction of sp³-hybridized carbons (Fsp3) is 0.667. The van der Waals surface area contributed by atoms with E-state index in [9.17, 15) is 9.90 Å². The van der Waals surface area contributed by atoms with E-state index in [4.69, 9.17) is 9.47 Å². The van der Waals surface area contributed by atoms with Gasteiger partial charge in [0.15, 0.2) is 0 Å². The van der Waals surface area contributed by atoms with E-state index in [-0.39, 0.29) is 18.1 Å². The number of piperazine rings is 1. The molecule has 2 unspecified atom stereocenters. The van der Waals surface area contributed by atoms with Crippen LogP contribution in [0.5, 0.6) is 5.75 Å². The van der Waals surface area contributed by atoms with Gasteiger partial charge in [0.25, 0.3) is 5.91 Å². The number of carbonyl (C=O) groups excluding carboxylic acids is 1. The number of methoxy groups -OCH3 is 1. The van der Waals surface area contributed by atoms with Crippen molar-refractivity contribution >= 4 is 5.91 Å². The molecule has 7 heteroatoms. The minimum atomic E-state index is -0.261. The van der Waals surface area contributed by atoms with Crippen LogP contribution in [0, 0.1) is 0 Å². The number of morpholine rings is 1. The highest BCUT2D eigenvalue weighted by molar-refractivity contribution is 5.97. The van der Waals surface area contributed by atoms with Gasteiger partial charge in [-0.05, 0) is 18.6 Å². The number of para-hydroxylation sites is 1. The first-order chi connectivity index (χ1) is 13.6. The maximum atomic E-state index is 12.8. The second-order valence-corrected chi connectivity index (χ2v) is 7.61. The number of benzene rings is 1. The Kier molecular flexibility index (Phi) is 7.67. The molecule has 0 aliphatic carbocycles. The largest absolute Gasteiger partial charge is 0.496 e. The van der Waals surface area contributed by atoms with Gasteiger partial charge in [0, 0.05) is 52.4 Å². The van der Waals surface area contributed by atoms with Crippen LogP contribution in [0.25, 0.3) is 0 Å². The Balaban J connectivity index is 1.47. The molecule has 1 aromatic carbocycles. The van der Waals surface area contributed by atoms with E-state index in [1.54, 1.807) is 7.11 Å². The SMILES string of the molecule is CCC(O)CN1CCOC(CN2CCN(C(=O)c3ccccc3OC)CC2)C1. The van der Waals surface area contributed by atoms with Crippen LogP contribution in [-0.4, -0.2) is 104 Å². The Morgan fingerprint density at radius 2 is 1.96 bits per heavy atom. The smallest absolute Gasteiger partial charge is 0.257 e. The molecular weight excluding hydrogens is 358 g/mol. The van der Waals surface area contributed by atoms with E-state index in [0.717, 1.165) is 45.7 Å². The highest BCUT2D eigenvalue weighted by Crippen LogP contribution is 2.20. The van der Waals surface area contributed by atoms with Crippen molar-refractivity contribution < 1.29 is 19.4 Å². The summed E-state index contributed by atoms with van der Waals surface area (Å²) in [5.74, 6) is 0.658. The quantitative estimate of drug-likeness (QED) is 0.746. The first kappa shape index (κ1) is 21.0. The number of ether oxygens (including phenoxy) is 2. The van der Waals surface area contributed by atoms with Gasteiger partial charge in [-0.15, -0.1) is 0 Å². The van der Waals surface area contributed by atoms with Gasteiger partial charge in [0.1, 0.15) is 5.75 Å². The number of β-amino-alcohol motifs (C(OH)–C–C–N with tert-alkyl or cyclic N) is 1. The molecule has 2 heterocycles. The zero-order chi connectivity index (χ0) is 19.9. The summed E-state index contributed by atoms with van der Waals surface area (Å²) in [6, 6.07) is 7.39. The molecule has 2 aliphatic rings. The molecule has 2 atom stereocenters. The van der Waals surface area contributed by atoms with Crippen LogP contribution in [-0.2, 0) is 4.74 Å². The van der Waals surface area contributed by atoms with Gasteiger partial charge in [-0.25, -0.2) is 0 Å². The van der Waals surface area contributed by atoms with Crippen LogP contribution in [0.4, 0.5) is 0 Å². The lowest BCUT2D eigenvalue weighted by atomic mass is 10.1. The summed E-state index contributed by atoms with van der Waals surface area (Å²) in [7, 11) is 1.59. The number of amides is 1. The minimum absolute atomic E-state index is 0.0331. The molecule has 1 amide bonds. The van der Waals surface area contributed by atoms with Crippen molar-refractivity contribution in [2.75, 3.05) is 66.1 Å². The van der Waals surface area contributed by atoms with Crippen molar-refractivity contribution in [1.29, 1.82) is 0 Å². The normalized spacial score (nSPS) is 22.8. The number of carbonyl (C=O) groups is 1. The van der Waals surface area contributed by atoms with Crippen molar-refractivity contribution in [2.24, 2.45) is 0 Å². The fourth-order valence-corrected chi connectivity index (χ4v) is 3.90. The lowest BCUT2D eigenvalue weighted by Gasteiger charge is -2.39. The third-order valence-corrected chi connectivity index (χ3v) is 5.62. The Bertz CT molecular complexity index is 634. The molecule has 2 aliphatic heterocycles. The van der Waals surface area contributed by atoms with Gasteiger partial charge in [0.2, 0.25) is 0 Å². The first-order valence-corrected chi connectivity index (χ1v) is 10.3. The molecule has 0 radical (unpaired) electrons. The van der Waals surface area contributed by atoms with Crippen molar-refractivity contribution in [3.05, 3.63) is 29.8 Å². The minimum Gasteiger partial charge on any atom is -0.496 e. The lowest BCUT2D eigenvalue weighted by Crippen LogP contribution is -2.54. The number of aliphatic hydroxyl groups is 1. The molecule has 2 saturated heterocycles. The number of aliphatic hydroxyl groups excluding tert-OH is 1. The molecule has 1 aromatic rings. The van der Waals surface area contributed by atoms with E-state index < -0.39 is 0 Å². The van der Waals surface area contributed by atoms with Gasteiger partial charge in [-0.2, -0.15) is 0 Å². The summed E-state index contributed by atoms with van der Waals surface area (Å²) in [5.41, 5.74) is 0.624. The average Bonchev–Trinajstić information content (AvgIpc) is 2.74. The molecule has 156 valence electrons. The summed E-state index contributed by atoms with van der Waals surface area (Å²) in [5, 5.41) is 9.89. The number of hydrogen-bond acceptors (Lipinski definition) is 6. The summed E-state index contributed by atoms with van der Waals surface area (Å²) in [6.45, 7) is 9.17. The summed E-state index contributed by atoms with van der Waals surface area (Å²) in [4.78, 5) is 19.4. The Hall–Kier alpha value is -1.67. The predicted octanol–water partition coefficient (Wildman–Crippen LogP) is 0.925. The first-order valence-electron chi connectivity index (χ1n) is 10.3. The van der Waals surface area contributed by atoms with Crippen LogP contribution < -0.4 is 4.74 Å². The van der Waals surface area contributed by atoms with E-state index in [2.05, 4.69) is 9.80 Å². The van der Waals surface area contributed by atoms with Crippen molar-refractivity contribution in [1.82, 2.24) is 14.7 Å². The summed E-state index contributed by atoms with van der Waals surface area (Å²) in [6.07, 6.45) is 0.682. The zero-order valence-electron chi connectivity index (χ0n) is 17.0. The second-order valence-electron chi connectivity index (χ2n) is 7.61. The second kappa shape index (κ2) is 10.2. The van der Waals surface area contributed by atoms with Crippen molar-refractivity contribution in [3.63, 3.8) is 0 Å².